The molecule has 0 bridgehead atoms. The van der Waals surface area contributed by atoms with Crippen LogP contribution in [0.25, 0.3) is 32.9 Å². The van der Waals surface area contributed by atoms with Gasteiger partial charge in [0.2, 0.25) is 21.8 Å². The minimum absolute atomic E-state index is 0.0309. The molecule has 0 unspecified atom stereocenters. The molecule has 0 saturated carbocycles. The minimum Gasteiger partial charge on any atom is -0.504 e. The number of aromatic amines is 1. The number of pyridine rings is 1. The second-order valence-corrected chi connectivity index (χ2v) is 11.3. The van der Waals surface area contributed by atoms with E-state index in [0.29, 0.717) is 57.8 Å². The molecule has 2 aromatic heterocycles. The average Bonchev–Trinajstić information content (AvgIpc) is 3.30. The zero-order chi connectivity index (χ0) is 29.1. The zero-order valence-electron chi connectivity index (χ0n) is 23.0. The Hall–Kier alpha value is -4.57. The number of aryl methyl sites for hydroxylation is 1. The highest BCUT2D eigenvalue weighted by Gasteiger charge is 2.25. The van der Waals surface area contributed by atoms with Gasteiger partial charge in [0.15, 0.2) is 11.5 Å². The van der Waals surface area contributed by atoms with E-state index in [1.807, 2.05) is 32.9 Å². The Morgan fingerprint density at radius 1 is 0.976 bits per heavy atom. The lowest BCUT2D eigenvalue weighted by Crippen LogP contribution is -2.32. The number of fused-ring (bicyclic) bond motifs is 3. The normalized spacial score (nSPS) is 11.6. The van der Waals surface area contributed by atoms with Gasteiger partial charge in [0.25, 0.3) is 0 Å². The minimum atomic E-state index is -3.92. The number of sulfonamides is 1. The van der Waals surface area contributed by atoms with Gasteiger partial charge in [-0.15, -0.1) is 0 Å². The summed E-state index contributed by atoms with van der Waals surface area (Å²) < 4.78 is 39.5. The van der Waals surface area contributed by atoms with Gasteiger partial charge in [0.05, 0.1) is 47.4 Å². The molecule has 0 aliphatic carbocycles. The van der Waals surface area contributed by atoms with Crippen LogP contribution in [0.3, 0.4) is 0 Å². The van der Waals surface area contributed by atoms with E-state index >= 15 is 0 Å². The second-order valence-electron chi connectivity index (χ2n) is 9.62. The molecule has 1 amide bonds. The van der Waals surface area contributed by atoms with Gasteiger partial charge in [-0.3, -0.25) is 14.5 Å². The summed E-state index contributed by atoms with van der Waals surface area (Å²) in [6.07, 6.45) is 1.65. The van der Waals surface area contributed by atoms with Gasteiger partial charge in [-0.05, 0) is 49.6 Å². The molecule has 41 heavy (non-hydrogen) atoms. The summed E-state index contributed by atoms with van der Waals surface area (Å²) in [5, 5.41) is 13.2. The summed E-state index contributed by atoms with van der Waals surface area (Å²) in [5.74, 6) is -0.192. The molecule has 2 heterocycles. The maximum atomic E-state index is 12.8. The number of nitrogens with zero attached hydrogens (tertiary/aromatic N) is 1. The van der Waals surface area contributed by atoms with Crippen LogP contribution in [-0.4, -0.2) is 42.6 Å². The molecule has 0 radical (unpaired) electrons. The Labute approximate surface area is 238 Å². The van der Waals surface area contributed by atoms with E-state index in [1.54, 1.807) is 54.7 Å². The Morgan fingerprint density at radius 2 is 1.73 bits per heavy atom. The number of ether oxygens (including phenoxy) is 2. The third kappa shape index (κ3) is 5.69. The molecule has 0 fully saturated rings. The molecule has 3 N–H and O–H groups in total. The number of aromatic hydroxyl groups is 1. The molecular weight excluding hydrogens is 542 g/mol. The van der Waals surface area contributed by atoms with E-state index < -0.39 is 15.9 Å². The average molecular weight is 574 g/mol. The number of nitrogens with one attached hydrogen (secondary N) is 2. The van der Waals surface area contributed by atoms with Crippen molar-refractivity contribution in [2.24, 2.45) is 0 Å². The molecule has 3 aromatic carbocycles. The summed E-state index contributed by atoms with van der Waals surface area (Å²) in [7, 11) is -3.92. The van der Waals surface area contributed by atoms with E-state index in [0.717, 1.165) is 16.7 Å². The maximum Gasteiger partial charge on any atom is 0.239 e. The van der Waals surface area contributed by atoms with Crippen LogP contribution in [-0.2, 0) is 27.0 Å². The highest BCUT2D eigenvalue weighted by atomic mass is 32.2. The number of aromatic nitrogens is 2. The number of H-pyrrole nitrogens is 1. The number of carbonyl (C=O) groups excluding carboxylic acids is 1. The SMILES string of the molecule is CCOc1c(O)c2c(-c3ccc(CS(=O)(=O)NC(=O)Cc4ccccc4)cc3C)[nH]c(OCC)c2c2ncccc12. The predicted molar refractivity (Wildman–Crippen MR) is 159 cm³/mol. The van der Waals surface area contributed by atoms with Crippen LogP contribution in [0.5, 0.6) is 17.4 Å². The van der Waals surface area contributed by atoms with Crippen LogP contribution >= 0.6 is 0 Å². The Morgan fingerprint density at radius 3 is 2.44 bits per heavy atom. The number of carbonyl (C=O) groups is 1. The highest BCUT2D eigenvalue weighted by Crippen LogP contribution is 2.49. The lowest BCUT2D eigenvalue weighted by Gasteiger charge is -2.13. The van der Waals surface area contributed by atoms with Crippen molar-refractivity contribution in [3.05, 3.63) is 83.6 Å². The van der Waals surface area contributed by atoms with Gasteiger partial charge in [-0.1, -0.05) is 48.5 Å². The number of phenols is 1. The van der Waals surface area contributed by atoms with E-state index in [1.165, 1.54) is 0 Å². The first-order chi connectivity index (χ1) is 19.7. The first-order valence-electron chi connectivity index (χ1n) is 13.3. The number of hydrogen-bond donors (Lipinski definition) is 3. The lowest BCUT2D eigenvalue weighted by molar-refractivity contribution is -0.118. The van der Waals surface area contributed by atoms with E-state index in [9.17, 15) is 18.3 Å². The maximum absolute atomic E-state index is 12.8. The van der Waals surface area contributed by atoms with Crippen LogP contribution in [0.15, 0.2) is 66.9 Å². The molecule has 0 aliphatic rings. The molecular formula is C31H31N3O6S. The van der Waals surface area contributed by atoms with Crippen molar-refractivity contribution >= 4 is 37.6 Å². The lowest BCUT2D eigenvalue weighted by atomic mass is 9.98. The predicted octanol–water partition coefficient (Wildman–Crippen LogP) is 5.38. The van der Waals surface area contributed by atoms with Crippen molar-refractivity contribution < 1.29 is 27.8 Å². The first-order valence-corrected chi connectivity index (χ1v) is 15.0. The van der Waals surface area contributed by atoms with E-state index in [4.69, 9.17) is 9.47 Å². The largest absolute Gasteiger partial charge is 0.504 e. The van der Waals surface area contributed by atoms with Crippen molar-refractivity contribution in [2.45, 2.75) is 32.9 Å². The highest BCUT2D eigenvalue weighted by molar-refractivity contribution is 7.89. The van der Waals surface area contributed by atoms with Gasteiger partial charge in [-0.25, -0.2) is 8.42 Å². The van der Waals surface area contributed by atoms with Crippen LogP contribution < -0.4 is 14.2 Å². The molecule has 0 saturated heterocycles. The van der Waals surface area contributed by atoms with Crippen molar-refractivity contribution in [1.82, 2.24) is 14.7 Å². The fraction of sp³-hybridized carbons (Fsp3) is 0.226. The fourth-order valence-electron chi connectivity index (χ4n) is 5.06. The molecule has 212 valence electrons. The van der Waals surface area contributed by atoms with Crippen LogP contribution in [0.2, 0.25) is 0 Å². The van der Waals surface area contributed by atoms with Crippen molar-refractivity contribution in [2.75, 3.05) is 13.2 Å². The standard InChI is InChI=1S/C31H31N3O6S/c1-4-39-30-23-12-9-15-32-27(23)26-25(29(30)36)28(33-31(26)40-5-2)22-14-13-21(16-19(22)3)18-41(37,38)34-24(35)17-20-10-7-6-8-11-20/h6-16,33,36H,4-5,17-18H2,1-3H3,(H,34,35). The smallest absolute Gasteiger partial charge is 0.239 e. The molecule has 10 heteroatoms. The molecule has 5 aromatic rings. The molecule has 0 aliphatic heterocycles. The molecule has 9 nitrogen and oxygen atoms in total. The molecule has 0 spiro atoms. The van der Waals surface area contributed by atoms with Gasteiger partial charge in [-0.2, -0.15) is 0 Å². The Balaban J connectivity index is 1.51. The van der Waals surface area contributed by atoms with E-state index in [2.05, 4.69) is 14.7 Å². The summed E-state index contributed by atoms with van der Waals surface area (Å²) in [6.45, 7) is 6.31. The third-order valence-electron chi connectivity index (χ3n) is 6.68. The summed E-state index contributed by atoms with van der Waals surface area (Å²) in [6, 6.07) is 17.8. The van der Waals surface area contributed by atoms with Gasteiger partial charge in [0, 0.05) is 17.1 Å². The first kappa shape index (κ1) is 28.0. The van der Waals surface area contributed by atoms with Gasteiger partial charge >= 0.3 is 0 Å². The topological polar surface area (TPSA) is 131 Å². The zero-order valence-corrected chi connectivity index (χ0v) is 23.8. The van der Waals surface area contributed by atoms with Crippen molar-refractivity contribution in [3.8, 4) is 28.6 Å². The number of amides is 1. The quantitative estimate of drug-likeness (QED) is 0.204. The second kappa shape index (κ2) is 11.5. The van der Waals surface area contributed by atoms with Crippen LogP contribution in [0.1, 0.15) is 30.5 Å². The van der Waals surface area contributed by atoms with Crippen LogP contribution in [0.4, 0.5) is 0 Å². The van der Waals surface area contributed by atoms with E-state index in [-0.39, 0.29) is 17.9 Å². The monoisotopic (exact) mass is 573 g/mol. The number of phenolic OH excluding ortho intramolecular Hbond substituents is 1. The van der Waals surface area contributed by atoms with Crippen molar-refractivity contribution in [3.63, 3.8) is 0 Å². The fourth-order valence-corrected chi connectivity index (χ4v) is 6.17. The summed E-state index contributed by atoms with van der Waals surface area (Å²) in [4.78, 5) is 20.3. The number of rotatable bonds is 10. The van der Waals surface area contributed by atoms with Gasteiger partial charge < -0.3 is 19.6 Å². The summed E-state index contributed by atoms with van der Waals surface area (Å²) >= 11 is 0. The summed E-state index contributed by atoms with van der Waals surface area (Å²) in [5.41, 5.74) is 3.96. The third-order valence-corrected chi connectivity index (χ3v) is 7.93. The molecule has 5 rings (SSSR count). The molecule has 0 atom stereocenters. The Kier molecular flexibility index (Phi) is 7.85. The van der Waals surface area contributed by atoms with Crippen LogP contribution in [0, 0.1) is 6.92 Å². The number of benzene rings is 3. The number of hydrogen-bond acceptors (Lipinski definition) is 7. The Bertz CT molecular complexity index is 1850. The van der Waals surface area contributed by atoms with Crippen molar-refractivity contribution in [1.29, 1.82) is 0 Å². The van der Waals surface area contributed by atoms with Gasteiger partial charge in [0.1, 0.15) is 0 Å².